The van der Waals surface area contributed by atoms with Crippen LogP contribution in [0.25, 0.3) is 0 Å². The van der Waals surface area contributed by atoms with Gasteiger partial charge in [0.15, 0.2) is 5.17 Å². The maximum Gasteiger partial charge on any atom is 0.161 e. The summed E-state index contributed by atoms with van der Waals surface area (Å²) in [5, 5.41) is 8.70. The zero-order valence-electron chi connectivity index (χ0n) is 11.6. The quantitative estimate of drug-likeness (QED) is 0.908. The van der Waals surface area contributed by atoms with Crippen molar-refractivity contribution in [3.8, 4) is 0 Å². The molecule has 1 atom stereocenters. The molecule has 1 aromatic heterocycles. The van der Waals surface area contributed by atoms with Crippen LogP contribution in [-0.4, -0.2) is 26.7 Å². The lowest BCUT2D eigenvalue weighted by atomic mass is 10.1. The van der Waals surface area contributed by atoms with Gasteiger partial charge in [-0.2, -0.15) is 5.10 Å². The monoisotopic (exact) mass is 266 g/mol. The van der Waals surface area contributed by atoms with Gasteiger partial charge in [-0.1, -0.05) is 25.6 Å². The van der Waals surface area contributed by atoms with Gasteiger partial charge in [-0.15, -0.1) is 0 Å². The lowest BCUT2D eigenvalue weighted by Crippen LogP contribution is -2.08. The van der Waals surface area contributed by atoms with E-state index >= 15 is 0 Å². The summed E-state index contributed by atoms with van der Waals surface area (Å²) in [4.78, 5) is 4.71. The fraction of sp³-hybridized carbons (Fsp3) is 0.692. The Morgan fingerprint density at radius 2 is 2.22 bits per heavy atom. The van der Waals surface area contributed by atoms with Crippen molar-refractivity contribution < 1.29 is 0 Å². The van der Waals surface area contributed by atoms with Gasteiger partial charge in [0.25, 0.3) is 0 Å². The summed E-state index contributed by atoms with van der Waals surface area (Å²) in [7, 11) is 0. The first-order chi connectivity index (χ1) is 8.54. The standard InChI is InChI=1S/C13H22N4S/c1-9(2)5-11-8-18-13(15-11)16-12-6-14-17(7-12)10(3)4/h6-7,9-11H,5,8H2,1-4H3,(H,15,16). The summed E-state index contributed by atoms with van der Waals surface area (Å²) in [6.45, 7) is 8.74. The van der Waals surface area contributed by atoms with Crippen molar-refractivity contribution >= 4 is 22.6 Å². The first kappa shape index (κ1) is 13.5. The van der Waals surface area contributed by atoms with E-state index in [1.807, 2.05) is 17.1 Å². The zero-order valence-corrected chi connectivity index (χ0v) is 12.4. The molecule has 1 aliphatic heterocycles. The first-order valence-corrected chi connectivity index (χ1v) is 7.55. The summed E-state index contributed by atoms with van der Waals surface area (Å²) in [6.07, 6.45) is 5.06. The Balaban J connectivity index is 1.93. The number of amidine groups is 1. The van der Waals surface area contributed by atoms with Crippen LogP contribution in [0.1, 0.15) is 40.2 Å². The molecule has 0 bridgehead atoms. The highest BCUT2D eigenvalue weighted by Gasteiger charge is 2.19. The molecule has 1 unspecified atom stereocenters. The van der Waals surface area contributed by atoms with Crippen molar-refractivity contribution in [3.05, 3.63) is 12.4 Å². The van der Waals surface area contributed by atoms with Crippen LogP contribution >= 0.6 is 11.8 Å². The predicted octanol–water partition coefficient (Wildman–Crippen LogP) is 3.39. The predicted molar refractivity (Wildman–Crippen MR) is 79.4 cm³/mol. The van der Waals surface area contributed by atoms with Crippen LogP contribution in [-0.2, 0) is 0 Å². The van der Waals surface area contributed by atoms with Crippen LogP contribution in [0.2, 0.25) is 0 Å². The highest BCUT2D eigenvalue weighted by Crippen LogP contribution is 2.24. The Labute approximate surface area is 113 Å². The minimum Gasteiger partial charge on any atom is -0.332 e. The molecule has 5 heteroatoms. The molecule has 0 saturated carbocycles. The lowest BCUT2D eigenvalue weighted by Gasteiger charge is -2.07. The Bertz CT molecular complexity index is 422. The third-order valence-electron chi connectivity index (χ3n) is 2.84. The second kappa shape index (κ2) is 5.78. The summed E-state index contributed by atoms with van der Waals surface area (Å²) < 4.78 is 1.95. The molecule has 1 aliphatic rings. The van der Waals surface area contributed by atoms with E-state index in [0.29, 0.717) is 18.0 Å². The van der Waals surface area contributed by atoms with E-state index in [1.54, 1.807) is 11.8 Å². The minimum absolute atomic E-state index is 0.396. The number of hydrogen-bond donors (Lipinski definition) is 1. The Kier molecular flexibility index (Phi) is 4.32. The van der Waals surface area contributed by atoms with Gasteiger partial charge in [-0.3, -0.25) is 9.67 Å². The second-order valence-electron chi connectivity index (χ2n) is 5.46. The normalized spacial score (nSPS) is 19.7. The molecule has 0 aromatic carbocycles. The third-order valence-corrected chi connectivity index (χ3v) is 3.87. The van der Waals surface area contributed by atoms with Crippen molar-refractivity contribution in [2.45, 2.75) is 46.2 Å². The van der Waals surface area contributed by atoms with Crippen molar-refractivity contribution in [2.24, 2.45) is 10.9 Å². The summed E-state index contributed by atoms with van der Waals surface area (Å²) >= 11 is 1.81. The molecule has 100 valence electrons. The van der Waals surface area contributed by atoms with Gasteiger partial charge < -0.3 is 5.32 Å². The van der Waals surface area contributed by atoms with Gasteiger partial charge in [-0.25, -0.2) is 0 Å². The maximum absolute atomic E-state index is 4.71. The van der Waals surface area contributed by atoms with Crippen LogP contribution in [0.3, 0.4) is 0 Å². The van der Waals surface area contributed by atoms with E-state index in [-0.39, 0.29) is 0 Å². The largest absolute Gasteiger partial charge is 0.332 e. The zero-order chi connectivity index (χ0) is 13.1. The van der Waals surface area contributed by atoms with E-state index in [2.05, 4.69) is 38.1 Å². The Hall–Kier alpha value is -0.970. The number of hydrogen-bond acceptors (Lipinski definition) is 4. The minimum atomic E-state index is 0.396. The van der Waals surface area contributed by atoms with Crippen LogP contribution in [0.15, 0.2) is 17.4 Å². The number of aromatic nitrogens is 2. The Morgan fingerprint density at radius 1 is 1.44 bits per heavy atom. The highest BCUT2D eigenvalue weighted by atomic mass is 32.2. The summed E-state index contributed by atoms with van der Waals surface area (Å²) in [6, 6.07) is 0.866. The van der Waals surface area contributed by atoms with Crippen LogP contribution in [0.4, 0.5) is 5.69 Å². The molecule has 0 amide bonds. The average Bonchev–Trinajstić information content (AvgIpc) is 2.88. The van der Waals surface area contributed by atoms with Crippen LogP contribution in [0, 0.1) is 5.92 Å². The topological polar surface area (TPSA) is 42.2 Å². The third kappa shape index (κ3) is 3.51. The Morgan fingerprint density at radius 3 is 2.83 bits per heavy atom. The molecule has 0 aliphatic carbocycles. The molecule has 0 spiro atoms. The van der Waals surface area contributed by atoms with Crippen molar-refractivity contribution in [3.63, 3.8) is 0 Å². The number of rotatable bonds is 4. The lowest BCUT2D eigenvalue weighted by molar-refractivity contribution is 0.529. The van der Waals surface area contributed by atoms with Crippen molar-refractivity contribution in [2.75, 3.05) is 11.1 Å². The molecule has 2 heterocycles. The molecule has 2 rings (SSSR count). The SMILES string of the molecule is CC(C)CC1CSC(Nc2cnn(C(C)C)c2)=N1. The summed E-state index contributed by atoms with van der Waals surface area (Å²) in [5.41, 5.74) is 1.03. The second-order valence-corrected chi connectivity index (χ2v) is 6.47. The fourth-order valence-electron chi connectivity index (χ4n) is 1.96. The van der Waals surface area contributed by atoms with Gasteiger partial charge in [0.1, 0.15) is 0 Å². The van der Waals surface area contributed by atoms with Crippen LogP contribution < -0.4 is 5.32 Å². The van der Waals surface area contributed by atoms with E-state index in [0.717, 1.165) is 16.6 Å². The smallest absolute Gasteiger partial charge is 0.161 e. The molecule has 1 N–H and O–H groups in total. The maximum atomic E-state index is 4.71. The number of thioether (sulfide) groups is 1. The van der Waals surface area contributed by atoms with E-state index in [9.17, 15) is 0 Å². The van der Waals surface area contributed by atoms with E-state index < -0.39 is 0 Å². The van der Waals surface area contributed by atoms with E-state index in [1.165, 1.54) is 6.42 Å². The van der Waals surface area contributed by atoms with Gasteiger partial charge in [-0.05, 0) is 26.2 Å². The van der Waals surface area contributed by atoms with Gasteiger partial charge in [0.05, 0.1) is 17.9 Å². The molecule has 0 fully saturated rings. The van der Waals surface area contributed by atoms with E-state index in [4.69, 9.17) is 4.99 Å². The van der Waals surface area contributed by atoms with Crippen molar-refractivity contribution in [1.82, 2.24) is 9.78 Å². The molecular formula is C13H22N4S. The molecule has 1 aromatic rings. The molecule has 4 nitrogen and oxygen atoms in total. The van der Waals surface area contributed by atoms with Crippen LogP contribution in [0.5, 0.6) is 0 Å². The van der Waals surface area contributed by atoms with Gasteiger partial charge in [0.2, 0.25) is 0 Å². The number of nitrogens with one attached hydrogen (secondary N) is 1. The highest BCUT2D eigenvalue weighted by molar-refractivity contribution is 8.14. The number of nitrogens with zero attached hydrogens (tertiary/aromatic N) is 3. The average molecular weight is 266 g/mol. The van der Waals surface area contributed by atoms with Gasteiger partial charge in [0, 0.05) is 18.0 Å². The fourth-order valence-corrected chi connectivity index (χ4v) is 2.93. The van der Waals surface area contributed by atoms with Crippen molar-refractivity contribution in [1.29, 1.82) is 0 Å². The molecule has 0 saturated heterocycles. The molecule has 18 heavy (non-hydrogen) atoms. The van der Waals surface area contributed by atoms with Gasteiger partial charge >= 0.3 is 0 Å². The molecule has 0 radical (unpaired) electrons. The number of anilines is 1. The first-order valence-electron chi connectivity index (χ1n) is 6.56. The summed E-state index contributed by atoms with van der Waals surface area (Å²) in [5.74, 6) is 1.81. The number of aliphatic imine (C=N–C) groups is 1. The molecular weight excluding hydrogens is 244 g/mol.